The molecule has 1 heterocycles. The van der Waals surface area contributed by atoms with Crippen LogP contribution in [0.5, 0.6) is 0 Å². The van der Waals surface area contributed by atoms with Gasteiger partial charge in [0.25, 0.3) is 0 Å². The molecule has 19 heavy (non-hydrogen) atoms. The average Bonchev–Trinajstić information content (AvgIpc) is 2.91. The number of carbonyl (C=O) groups excluding carboxylic acids is 1. The molecule has 0 aliphatic heterocycles. The summed E-state index contributed by atoms with van der Waals surface area (Å²) in [6.45, 7) is 0. The first kappa shape index (κ1) is 13.8. The summed E-state index contributed by atoms with van der Waals surface area (Å²) < 4.78 is 0. The molecule has 0 amide bonds. The lowest BCUT2D eigenvalue weighted by atomic mass is 10.0. The number of nitrogens with zero attached hydrogens (tertiary/aromatic N) is 1. The van der Waals surface area contributed by atoms with Crippen molar-refractivity contribution in [2.75, 3.05) is 0 Å². The fourth-order valence-corrected chi connectivity index (χ4v) is 2.57. The van der Waals surface area contributed by atoms with Crippen LogP contribution in [0.4, 0.5) is 0 Å². The molecule has 0 saturated carbocycles. The van der Waals surface area contributed by atoms with Crippen molar-refractivity contribution in [3.05, 3.63) is 61.8 Å². The average molecular weight is 308 g/mol. The Kier molecular flexibility index (Phi) is 4.39. The molecule has 1 aromatic carbocycles. The highest BCUT2D eigenvalue weighted by molar-refractivity contribution is 7.08. The highest BCUT2D eigenvalue weighted by Gasteiger charge is 2.13. The quantitative estimate of drug-likeness (QED) is 0.462. The normalized spacial score (nSPS) is 11.1. The zero-order valence-corrected chi connectivity index (χ0v) is 11.9. The third-order valence-electron chi connectivity index (χ3n) is 2.41. The maximum atomic E-state index is 12.1. The molecule has 0 radical (unpaired) electrons. The molecule has 5 heteroatoms. The molecule has 0 saturated heterocycles. The number of hydrogen-bond donors (Lipinski definition) is 0. The Morgan fingerprint density at radius 3 is 2.68 bits per heavy atom. The highest BCUT2D eigenvalue weighted by Crippen LogP contribution is 2.24. The van der Waals surface area contributed by atoms with Gasteiger partial charge in [0.05, 0.1) is 0 Å². The molecular formula is C14H7Cl2NOS. The number of benzene rings is 1. The molecule has 0 bridgehead atoms. The maximum Gasteiger partial charge on any atom is 0.204 e. The minimum Gasteiger partial charge on any atom is -0.288 e. The van der Waals surface area contributed by atoms with Gasteiger partial charge in [-0.2, -0.15) is 16.6 Å². The number of nitriles is 1. The van der Waals surface area contributed by atoms with E-state index in [0.717, 1.165) is 0 Å². The van der Waals surface area contributed by atoms with Crippen LogP contribution in [-0.2, 0) is 0 Å². The Morgan fingerprint density at radius 1 is 1.32 bits per heavy atom. The topological polar surface area (TPSA) is 40.9 Å². The molecule has 2 aromatic rings. The van der Waals surface area contributed by atoms with Gasteiger partial charge in [0, 0.05) is 21.0 Å². The molecule has 0 spiro atoms. The van der Waals surface area contributed by atoms with E-state index in [0.29, 0.717) is 21.2 Å². The number of carbonyl (C=O) groups is 1. The molecule has 0 N–H and O–H groups in total. The second kappa shape index (κ2) is 6.03. The monoisotopic (exact) mass is 307 g/mol. The fraction of sp³-hybridized carbons (Fsp3) is 0. The SMILES string of the molecule is N#C/C(=C/c1ccc(Cl)cc1Cl)C(=O)c1ccsc1. The van der Waals surface area contributed by atoms with Gasteiger partial charge in [-0.15, -0.1) is 0 Å². The van der Waals surface area contributed by atoms with Gasteiger partial charge in [0.2, 0.25) is 5.78 Å². The summed E-state index contributed by atoms with van der Waals surface area (Å²) in [4.78, 5) is 12.1. The highest BCUT2D eigenvalue weighted by atomic mass is 35.5. The molecule has 2 rings (SSSR count). The molecule has 0 atom stereocenters. The summed E-state index contributed by atoms with van der Waals surface area (Å²) in [6.07, 6.45) is 1.47. The van der Waals surface area contributed by atoms with Crippen LogP contribution >= 0.6 is 34.5 Å². The number of Topliss-reactive ketones (excluding diaryl/α,β-unsaturated/α-hetero) is 1. The molecule has 0 fully saturated rings. The zero-order chi connectivity index (χ0) is 13.8. The predicted molar refractivity (Wildman–Crippen MR) is 78.7 cm³/mol. The third-order valence-corrected chi connectivity index (χ3v) is 3.66. The maximum absolute atomic E-state index is 12.1. The van der Waals surface area contributed by atoms with E-state index < -0.39 is 0 Å². The molecule has 0 unspecified atom stereocenters. The number of allylic oxidation sites excluding steroid dienone is 1. The van der Waals surface area contributed by atoms with Gasteiger partial charge in [0.1, 0.15) is 11.6 Å². The van der Waals surface area contributed by atoms with E-state index in [1.54, 1.807) is 35.0 Å². The summed E-state index contributed by atoms with van der Waals surface area (Å²) >= 11 is 13.2. The smallest absolute Gasteiger partial charge is 0.204 e. The molecule has 0 aliphatic rings. The first-order chi connectivity index (χ1) is 9.11. The lowest BCUT2D eigenvalue weighted by Gasteiger charge is -2.00. The Hall–Kier alpha value is -1.60. The van der Waals surface area contributed by atoms with E-state index in [2.05, 4.69) is 0 Å². The Balaban J connectivity index is 2.40. The largest absolute Gasteiger partial charge is 0.288 e. The summed E-state index contributed by atoms with van der Waals surface area (Å²) in [6, 6.07) is 8.48. The van der Waals surface area contributed by atoms with Gasteiger partial charge in [-0.25, -0.2) is 0 Å². The number of thiophene rings is 1. The van der Waals surface area contributed by atoms with Gasteiger partial charge >= 0.3 is 0 Å². The van der Waals surface area contributed by atoms with Crippen LogP contribution in [-0.4, -0.2) is 5.78 Å². The van der Waals surface area contributed by atoms with E-state index in [1.165, 1.54) is 17.4 Å². The van der Waals surface area contributed by atoms with E-state index >= 15 is 0 Å². The second-order valence-corrected chi connectivity index (χ2v) is 5.30. The number of rotatable bonds is 3. The first-order valence-corrected chi connectivity index (χ1v) is 6.95. The number of ketones is 1. The Bertz CT molecular complexity index is 684. The van der Waals surface area contributed by atoms with Crippen molar-refractivity contribution in [2.24, 2.45) is 0 Å². The van der Waals surface area contributed by atoms with Crippen molar-refractivity contribution in [3.63, 3.8) is 0 Å². The van der Waals surface area contributed by atoms with Gasteiger partial charge in [-0.1, -0.05) is 29.3 Å². The summed E-state index contributed by atoms with van der Waals surface area (Å²) in [5, 5.41) is 13.5. The van der Waals surface area contributed by atoms with Gasteiger partial charge in [-0.05, 0) is 35.2 Å². The minimum absolute atomic E-state index is 0.0441. The van der Waals surface area contributed by atoms with Gasteiger partial charge < -0.3 is 0 Å². The van der Waals surface area contributed by atoms with Crippen molar-refractivity contribution in [1.82, 2.24) is 0 Å². The van der Waals surface area contributed by atoms with Crippen molar-refractivity contribution in [2.45, 2.75) is 0 Å². The van der Waals surface area contributed by atoms with Gasteiger partial charge in [0.15, 0.2) is 0 Å². The van der Waals surface area contributed by atoms with Crippen molar-refractivity contribution >= 4 is 46.4 Å². The van der Waals surface area contributed by atoms with Crippen molar-refractivity contribution in [3.8, 4) is 6.07 Å². The number of halogens is 2. The first-order valence-electron chi connectivity index (χ1n) is 5.25. The van der Waals surface area contributed by atoms with Crippen LogP contribution in [0.1, 0.15) is 15.9 Å². The van der Waals surface area contributed by atoms with E-state index in [9.17, 15) is 4.79 Å². The Labute approximate surface area is 124 Å². The zero-order valence-electron chi connectivity index (χ0n) is 9.56. The predicted octanol–water partition coefficient (Wildman–Crippen LogP) is 4.84. The summed E-state index contributed by atoms with van der Waals surface area (Å²) in [5.41, 5.74) is 1.14. The van der Waals surface area contributed by atoms with E-state index in [4.69, 9.17) is 28.5 Å². The Morgan fingerprint density at radius 2 is 2.11 bits per heavy atom. The second-order valence-electron chi connectivity index (χ2n) is 3.68. The van der Waals surface area contributed by atoms with E-state index in [-0.39, 0.29) is 11.4 Å². The lowest BCUT2D eigenvalue weighted by molar-refractivity contribution is 0.104. The van der Waals surface area contributed by atoms with Crippen LogP contribution in [0, 0.1) is 11.3 Å². The summed E-state index contributed by atoms with van der Waals surface area (Å²) in [7, 11) is 0. The third kappa shape index (κ3) is 3.24. The molecule has 1 aromatic heterocycles. The molecular weight excluding hydrogens is 301 g/mol. The molecule has 2 nitrogen and oxygen atoms in total. The standard InChI is InChI=1S/C14H7Cl2NOS/c15-12-2-1-9(13(16)6-12)5-11(7-17)14(18)10-3-4-19-8-10/h1-6,8H/b11-5-. The van der Waals surface area contributed by atoms with E-state index in [1.807, 2.05) is 6.07 Å². The number of hydrogen-bond acceptors (Lipinski definition) is 3. The summed E-state index contributed by atoms with van der Waals surface area (Å²) in [5.74, 6) is -0.310. The van der Waals surface area contributed by atoms with Crippen LogP contribution in [0.2, 0.25) is 10.0 Å². The van der Waals surface area contributed by atoms with Crippen molar-refractivity contribution < 1.29 is 4.79 Å². The van der Waals surface area contributed by atoms with Crippen LogP contribution in [0.3, 0.4) is 0 Å². The van der Waals surface area contributed by atoms with Crippen molar-refractivity contribution in [1.29, 1.82) is 5.26 Å². The van der Waals surface area contributed by atoms with Crippen LogP contribution < -0.4 is 0 Å². The van der Waals surface area contributed by atoms with Crippen LogP contribution in [0.15, 0.2) is 40.6 Å². The van der Waals surface area contributed by atoms with Crippen LogP contribution in [0.25, 0.3) is 6.08 Å². The molecule has 94 valence electrons. The lowest BCUT2D eigenvalue weighted by Crippen LogP contribution is -2.00. The van der Waals surface area contributed by atoms with Gasteiger partial charge in [-0.3, -0.25) is 4.79 Å². The minimum atomic E-state index is -0.310. The molecule has 0 aliphatic carbocycles. The fourth-order valence-electron chi connectivity index (χ4n) is 1.47.